The fraction of sp³-hybridized carbons (Fsp3) is 0.800. The van der Waals surface area contributed by atoms with E-state index < -0.39 is 0 Å². The molecular weight excluding hydrogens is 270 g/mol. The van der Waals surface area contributed by atoms with Gasteiger partial charge in [0.05, 0.1) is 12.3 Å². The van der Waals surface area contributed by atoms with Gasteiger partial charge in [-0.05, 0) is 40.5 Å². The number of hydrogen-bond acceptors (Lipinski definition) is 5. The molecule has 0 aromatic carbocycles. The number of nitrogens with zero attached hydrogens (tertiary/aromatic N) is 2. The third-order valence-electron chi connectivity index (χ3n) is 3.43. The molecule has 1 saturated carbocycles. The predicted molar refractivity (Wildman–Crippen MR) is 85.7 cm³/mol. The van der Waals surface area contributed by atoms with E-state index in [9.17, 15) is 0 Å². The van der Waals surface area contributed by atoms with Gasteiger partial charge in [-0.3, -0.25) is 0 Å². The molecule has 114 valence electrons. The molecule has 1 aliphatic carbocycles. The largest absolute Gasteiger partial charge is 0.383 e. The topological polar surface area (TPSA) is 37.4 Å². The molecule has 0 saturated heterocycles. The van der Waals surface area contributed by atoms with Gasteiger partial charge in [-0.2, -0.15) is 0 Å². The fourth-order valence-electron chi connectivity index (χ4n) is 2.06. The van der Waals surface area contributed by atoms with Crippen molar-refractivity contribution in [2.24, 2.45) is 0 Å². The zero-order valence-corrected chi connectivity index (χ0v) is 14.1. The van der Waals surface area contributed by atoms with Crippen LogP contribution in [0, 0.1) is 6.92 Å². The average Bonchev–Trinajstić information content (AvgIpc) is 3.11. The molecule has 0 bridgehead atoms. The second kappa shape index (κ2) is 6.41. The number of rotatable bonds is 7. The second-order valence-corrected chi connectivity index (χ2v) is 7.59. The molecule has 2 rings (SSSR count). The Hall–Kier alpha value is -0.650. The van der Waals surface area contributed by atoms with Gasteiger partial charge in [0.2, 0.25) is 0 Å². The van der Waals surface area contributed by atoms with Crippen LogP contribution in [0.2, 0.25) is 0 Å². The van der Waals surface area contributed by atoms with E-state index in [1.165, 1.54) is 17.7 Å². The molecule has 1 heterocycles. The van der Waals surface area contributed by atoms with Crippen molar-refractivity contribution in [3.63, 3.8) is 0 Å². The van der Waals surface area contributed by atoms with Crippen molar-refractivity contribution in [1.82, 2.24) is 10.3 Å². The van der Waals surface area contributed by atoms with E-state index in [0.29, 0.717) is 6.04 Å². The molecule has 0 atom stereocenters. The summed E-state index contributed by atoms with van der Waals surface area (Å²) < 4.78 is 5.22. The third-order valence-corrected chi connectivity index (χ3v) is 4.62. The SMILES string of the molecule is COCCN(c1nc(C)c(CNC(C)(C)C)s1)C1CC1. The average molecular weight is 297 g/mol. The molecule has 0 amide bonds. The minimum atomic E-state index is 0.142. The van der Waals surface area contributed by atoms with Crippen molar-refractivity contribution in [3.05, 3.63) is 10.6 Å². The lowest BCUT2D eigenvalue weighted by Gasteiger charge is -2.21. The number of aromatic nitrogens is 1. The highest BCUT2D eigenvalue weighted by Gasteiger charge is 2.31. The lowest BCUT2D eigenvalue weighted by atomic mass is 10.1. The van der Waals surface area contributed by atoms with E-state index in [-0.39, 0.29) is 5.54 Å². The predicted octanol–water partition coefficient (Wildman–Crippen LogP) is 2.95. The van der Waals surface area contributed by atoms with Crippen LogP contribution in [0.25, 0.3) is 0 Å². The van der Waals surface area contributed by atoms with E-state index in [1.54, 1.807) is 7.11 Å². The van der Waals surface area contributed by atoms with Crippen molar-refractivity contribution < 1.29 is 4.74 Å². The first kappa shape index (κ1) is 15.7. The lowest BCUT2D eigenvalue weighted by Crippen LogP contribution is -2.34. The number of methoxy groups -OCH3 is 1. The summed E-state index contributed by atoms with van der Waals surface area (Å²) in [4.78, 5) is 8.54. The van der Waals surface area contributed by atoms with E-state index in [1.807, 2.05) is 11.3 Å². The monoisotopic (exact) mass is 297 g/mol. The molecular formula is C15H27N3OS. The highest BCUT2D eigenvalue weighted by atomic mass is 32.1. The van der Waals surface area contributed by atoms with E-state index >= 15 is 0 Å². The highest BCUT2D eigenvalue weighted by Crippen LogP contribution is 2.35. The molecule has 1 N–H and O–H groups in total. The van der Waals surface area contributed by atoms with E-state index in [2.05, 4.69) is 37.9 Å². The second-order valence-electron chi connectivity index (χ2n) is 6.53. The lowest BCUT2D eigenvalue weighted by molar-refractivity contribution is 0.205. The van der Waals surface area contributed by atoms with Gasteiger partial charge in [0.25, 0.3) is 0 Å². The summed E-state index contributed by atoms with van der Waals surface area (Å²) in [5.41, 5.74) is 1.30. The van der Waals surface area contributed by atoms with Gasteiger partial charge in [-0.25, -0.2) is 4.98 Å². The molecule has 0 radical (unpaired) electrons. The molecule has 0 unspecified atom stereocenters. The maximum Gasteiger partial charge on any atom is 0.186 e. The number of thiazole rings is 1. The van der Waals surface area contributed by atoms with Crippen LogP contribution in [-0.4, -0.2) is 36.8 Å². The van der Waals surface area contributed by atoms with Gasteiger partial charge in [-0.15, -0.1) is 11.3 Å². The van der Waals surface area contributed by atoms with Crippen LogP contribution in [0.5, 0.6) is 0 Å². The summed E-state index contributed by atoms with van der Waals surface area (Å²) in [6, 6.07) is 0.680. The standard InChI is InChI=1S/C15H27N3OS/c1-11-13(10-16-15(2,3)4)20-14(17-11)18(8-9-19-5)12-6-7-12/h12,16H,6-10H2,1-5H3. The molecule has 1 aliphatic rings. The maximum absolute atomic E-state index is 5.22. The normalized spacial score (nSPS) is 15.7. The Kier molecular flexibility index (Phi) is 5.04. The number of aryl methyl sites for hydroxylation is 1. The first-order valence-electron chi connectivity index (χ1n) is 7.37. The van der Waals surface area contributed by atoms with E-state index in [4.69, 9.17) is 9.72 Å². The summed E-state index contributed by atoms with van der Waals surface area (Å²) in [7, 11) is 1.76. The van der Waals surface area contributed by atoms with Crippen LogP contribution >= 0.6 is 11.3 Å². The van der Waals surface area contributed by atoms with Gasteiger partial charge < -0.3 is 15.0 Å². The number of anilines is 1. The Labute approximate surface area is 126 Å². The minimum absolute atomic E-state index is 0.142. The Bertz CT molecular complexity index is 435. The molecule has 0 spiro atoms. The van der Waals surface area contributed by atoms with Gasteiger partial charge in [-0.1, -0.05) is 0 Å². The summed E-state index contributed by atoms with van der Waals surface area (Å²) in [6.45, 7) is 11.3. The number of ether oxygens (including phenoxy) is 1. The molecule has 1 aromatic heterocycles. The van der Waals surface area contributed by atoms with Crippen LogP contribution in [0.15, 0.2) is 0 Å². The number of hydrogen-bond donors (Lipinski definition) is 1. The van der Waals surface area contributed by atoms with Crippen LogP contribution in [0.3, 0.4) is 0 Å². The Morgan fingerprint density at radius 2 is 2.10 bits per heavy atom. The molecule has 1 aromatic rings. The van der Waals surface area contributed by atoms with Crippen molar-refractivity contribution >= 4 is 16.5 Å². The fourth-order valence-corrected chi connectivity index (χ4v) is 3.15. The van der Waals surface area contributed by atoms with Crippen molar-refractivity contribution in [2.45, 2.75) is 58.7 Å². The first-order valence-corrected chi connectivity index (χ1v) is 8.19. The minimum Gasteiger partial charge on any atom is -0.383 e. The zero-order chi connectivity index (χ0) is 14.8. The van der Waals surface area contributed by atoms with Crippen LogP contribution in [0.4, 0.5) is 5.13 Å². The van der Waals surface area contributed by atoms with Gasteiger partial charge in [0, 0.05) is 36.7 Å². The Morgan fingerprint density at radius 3 is 2.65 bits per heavy atom. The first-order chi connectivity index (χ1) is 9.40. The van der Waals surface area contributed by atoms with Gasteiger partial charge >= 0.3 is 0 Å². The quantitative estimate of drug-likeness (QED) is 0.839. The summed E-state index contributed by atoms with van der Waals surface area (Å²) in [6.07, 6.45) is 2.58. The number of nitrogens with one attached hydrogen (secondary N) is 1. The summed E-state index contributed by atoms with van der Waals surface area (Å²) in [5.74, 6) is 0. The summed E-state index contributed by atoms with van der Waals surface area (Å²) in [5, 5.41) is 4.71. The zero-order valence-electron chi connectivity index (χ0n) is 13.3. The van der Waals surface area contributed by atoms with Crippen LogP contribution < -0.4 is 10.2 Å². The molecule has 1 fully saturated rings. The smallest absolute Gasteiger partial charge is 0.186 e. The van der Waals surface area contributed by atoms with E-state index in [0.717, 1.165) is 30.5 Å². The molecule has 0 aliphatic heterocycles. The van der Waals surface area contributed by atoms with Crippen LogP contribution in [0.1, 0.15) is 44.2 Å². The molecule has 5 heteroatoms. The van der Waals surface area contributed by atoms with Crippen LogP contribution in [-0.2, 0) is 11.3 Å². The molecule has 20 heavy (non-hydrogen) atoms. The maximum atomic E-state index is 5.22. The Balaban J connectivity index is 2.04. The van der Waals surface area contributed by atoms with Crippen molar-refractivity contribution in [1.29, 1.82) is 0 Å². The van der Waals surface area contributed by atoms with Crippen molar-refractivity contribution in [3.8, 4) is 0 Å². The van der Waals surface area contributed by atoms with Gasteiger partial charge in [0.15, 0.2) is 5.13 Å². The third kappa shape index (κ3) is 4.43. The highest BCUT2D eigenvalue weighted by molar-refractivity contribution is 7.15. The summed E-state index contributed by atoms with van der Waals surface area (Å²) >= 11 is 1.82. The Morgan fingerprint density at radius 1 is 1.40 bits per heavy atom. The molecule has 4 nitrogen and oxygen atoms in total. The van der Waals surface area contributed by atoms with Gasteiger partial charge in [0.1, 0.15) is 0 Å². The van der Waals surface area contributed by atoms with Crippen molar-refractivity contribution in [2.75, 3.05) is 25.2 Å².